The summed E-state index contributed by atoms with van der Waals surface area (Å²) in [7, 11) is 0. The van der Waals surface area contributed by atoms with Gasteiger partial charge in [0.15, 0.2) is 0 Å². The predicted molar refractivity (Wildman–Crippen MR) is 44.1 cm³/mol. The third-order valence-electron chi connectivity index (χ3n) is 2.10. The highest BCUT2D eigenvalue weighted by molar-refractivity contribution is 8.03. The maximum Gasteiger partial charge on any atom is 0.310 e. The van der Waals surface area contributed by atoms with Crippen molar-refractivity contribution in [3.8, 4) is 0 Å². The smallest absolute Gasteiger partial charge is 0.310 e. The van der Waals surface area contributed by atoms with Crippen molar-refractivity contribution in [2.45, 2.75) is 12.2 Å². The molecule has 0 aromatic heterocycles. The summed E-state index contributed by atoms with van der Waals surface area (Å²) in [4.78, 5) is 11.1. The highest BCUT2D eigenvalue weighted by atomic mass is 32.2. The molecule has 0 bridgehead atoms. The molecule has 0 N–H and O–H groups in total. The second-order valence-electron chi connectivity index (χ2n) is 2.78. The number of esters is 1. The molecule has 0 aromatic carbocycles. The Hall–Kier alpha value is -0.440. The lowest BCUT2D eigenvalue weighted by atomic mass is 10.3. The molecule has 1 aliphatic carbocycles. The molecule has 0 radical (unpaired) electrons. The molecule has 2 rings (SSSR count). The molecule has 1 saturated carbocycles. The minimum absolute atomic E-state index is 0.0145. The van der Waals surface area contributed by atoms with Gasteiger partial charge in [-0.3, -0.25) is 4.79 Å². The number of allylic oxidation sites excluding steroid dienone is 1. The molecule has 2 nitrogen and oxygen atoms in total. The Balaban J connectivity index is 1.90. The third-order valence-corrected chi connectivity index (χ3v) is 3.34. The molecule has 60 valence electrons. The van der Waals surface area contributed by atoms with Crippen molar-refractivity contribution < 1.29 is 9.53 Å². The zero-order chi connectivity index (χ0) is 7.84. The number of ether oxygens (including phenoxy) is 1. The molecule has 2 aliphatic rings. The van der Waals surface area contributed by atoms with E-state index in [0.29, 0.717) is 17.8 Å². The van der Waals surface area contributed by atoms with Crippen LogP contribution in [0.1, 0.15) is 6.92 Å². The number of hydrogen-bond donors (Lipinski definition) is 0. The lowest BCUT2D eigenvalue weighted by molar-refractivity contribution is -0.144. The molecule has 3 atom stereocenters. The first kappa shape index (κ1) is 7.22. The predicted octanol–water partition coefficient (Wildman–Crippen LogP) is 1.42. The second kappa shape index (κ2) is 2.55. The monoisotopic (exact) mass is 170 g/mol. The van der Waals surface area contributed by atoms with Gasteiger partial charge >= 0.3 is 5.97 Å². The van der Waals surface area contributed by atoms with Crippen molar-refractivity contribution in [1.82, 2.24) is 0 Å². The summed E-state index contributed by atoms with van der Waals surface area (Å²) >= 11 is 1.75. The number of carbonyl (C=O) groups is 1. The van der Waals surface area contributed by atoms with Crippen LogP contribution in [0.15, 0.2) is 11.5 Å². The summed E-state index contributed by atoms with van der Waals surface area (Å²) in [6, 6.07) is 0. The van der Waals surface area contributed by atoms with Crippen LogP contribution in [0.4, 0.5) is 0 Å². The Bertz CT molecular complexity index is 212. The van der Waals surface area contributed by atoms with Gasteiger partial charge in [-0.1, -0.05) is 6.08 Å². The van der Waals surface area contributed by atoms with Crippen molar-refractivity contribution in [3.63, 3.8) is 0 Å². The molecular formula is C8H10O2S. The molecule has 0 aromatic rings. The normalized spacial score (nSPS) is 38.5. The fourth-order valence-corrected chi connectivity index (χ4v) is 2.73. The molecule has 1 heterocycles. The zero-order valence-corrected chi connectivity index (χ0v) is 7.14. The van der Waals surface area contributed by atoms with E-state index < -0.39 is 0 Å². The molecule has 0 amide bonds. The van der Waals surface area contributed by atoms with Crippen LogP contribution in [-0.2, 0) is 9.53 Å². The summed E-state index contributed by atoms with van der Waals surface area (Å²) in [5, 5.41) is 2.58. The Kier molecular flexibility index (Phi) is 1.68. The number of fused-ring (bicyclic) bond motifs is 1. The highest BCUT2D eigenvalue weighted by Gasteiger charge is 2.56. The molecule has 11 heavy (non-hydrogen) atoms. The Morgan fingerprint density at radius 3 is 3.09 bits per heavy atom. The van der Waals surface area contributed by atoms with Crippen molar-refractivity contribution in [2.75, 3.05) is 6.61 Å². The third kappa shape index (κ3) is 1.07. The van der Waals surface area contributed by atoms with Gasteiger partial charge in [0, 0.05) is 11.2 Å². The summed E-state index contributed by atoms with van der Waals surface area (Å²) in [5.41, 5.74) is 0. The first-order valence-corrected chi connectivity index (χ1v) is 4.77. The van der Waals surface area contributed by atoms with Crippen LogP contribution < -0.4 is 0 Å². The average Bonchev–Trinajstić information content (AvgIpc) is 2.47. The van der Waals surface area contributed by atoms with E-state index in [1.165, 1.54) is 0 Å². The number of hydrogen-bond acceptors (Lipinski definition) is 3. The van der Waals surface area contributed by atoms with Gasteiger partial charge in [-0.15, -0.1) is 11.8 Å². The van der Waals surface area contributed by atoms with Gasteiger partial charge in [0.2, 0.25) is 0 Å². The lowest BCUT2D eigenvalue weighted by Gasteiger charge is -1.99. The average molecular weight is 170 g/mol. The van der Waals surface area contributed by atoms with Gasteiger partial charge in [-0.2, -0.15) is 0 Å². The number of thioether (sulfide) groups is 1. The van der Waals surface area contributed by atoms with Gasteiger partial charge in [-0.05, 0) is 12.3 Å². The van der Waals surface area contributed by atoms with Gasteiger partial charge in [0.1, 0.15) is 0 Å². The van der Waals surface area contributed by atoms with E-state index >= 15 is 0 Å². The molecule has 1 aliphatic heterocycles. The molecule has 0 unspecified atom stereocenters. The lowest BCUT2D eigenvalue weighted by Crippen LogP contribution is -2.09. The van der Waals surface area contributed by atoms with Gasteiger partial charge < -0.3 is 4.74 Å². The Morgan fingerprint density at radius 1 is 1.73 bits per heavy atom. The molecular weight excluding hydrogens is 160 g/mol. The minimum Gasteiger partial charge on any atom is -0.466 e. The fraction of sp³-hybridized carbons (Fsp3) is 0.625. The van der Waals surface area contributed by atoms with E-state index in [2.05, 4.69) is 11.5 Å². The van der Waals surface area contributed by atoms with E-state index in [9.17, 15) is 4.79 Å². The summed E-state index contributed by atoms with van der Waals surface area (Å²) in [6.45, 7) is 2.35. The van der Waals surface area contributed by atoms with Crippen LogP contribution in [0.5, 0.6) is 0 Å². The van der Waals surface area contributed by atoms with Gasteiger partial charge in [-0.25, -0.2) is 0 Å². The van der Waals surface area contributed by atoms with Crippen LogP contribution in [0.2, 0.25) is 0 Å². The van der Waals surface area contributed by atoms with Crippen molar-refractivity contribution in [2.24, 2.45) is 11.8 Å². The molecule has 0 saturated heterocycles. The SMILES string of the molecule is CCOC(=O)[C@@H]1[C@H]2C=CS[C@H]21. The maximum atomic E-state index is 11.1. The summed E-state index contributed by atoms with van der Waals surface area (Å²) in [5.74, 6) is 0.642. The van der Waals surface area contributed by atoms with Gasteiger partial charge in [0.25, 0.3) is 0 Å². The topological polar surface area (TPSA) is 26.3 Å². The number of carbonyl (C=O) groups excluding carboxylic acids is 1. The van der Waals surface area contributed by atoms with Crippen molar-refractivity contribution >= 4 is 17.7 Å². The van der Waals surface area contributed by atoms with Crippen molar-refractivity contribution in [3.05, 3.63) is 11.5 Å². The first-order valence-electron chi connectivity index (χ1n) is 3.83. The highest BCUT2D eigenvalue weighted by Crippen LogP contribution is 2.54. The van der Waals surface area contributed by atoms with Crippen LogP contribution in [0.25, 0.3) is 0 Å². The standard InChI is InChI=1S/C8H10O2S/c1-2-10-8(9)6-5-3-4-11-7(5)6/h3-7H,2H2,1H3/t5-,6-,7-/m1/s1. The zero-order valence-electron chi connectivity index (χ0n) is 6.32. The maximum absolute atomic E-state index is 11.1. The van der Waals surface area contributed by atoms with Crippen LogP contribution >= 0.6 is 11.8 Å². The van der Waals surface area contributed by atoms with Crippen molar-refractivity contribution in [1.29, 1.82) is 0 Å². The second-order valence-corrected chi connectivity index (χ2v) is 3.87. The van der Waals surface area contributed by atoms with E-state index in [4.69, 9.17) is 4.74 Å². The van der Waals surface area contributed by atoms with Gasteiger partial charge in [0.05, 0.1) is 12.5 Å². The molecule has 1 fully saturated rings. The molecule has 0 spiro atoms. The van der Waals surface area contributed by atoms with E-state index in [1.54, 1.807) is 11.8 Å². The van der Waals surface area contributed by atoms with E-state index in [-0.39, 0.29) is 11.9 Å². The minimum atomic E-state index is -0.0145. The van der Waals surface area contributed by atoms with Crippen LogP contribution in [-0.4, -0.2) is 17.8 Å². The first-order chi connectivity index (χ1) is 5.34. The van der Waals surface area contributed by atoms with Crippen LogP contribution in [0, 0.1) is 11.8 Å². The quantitative estimate of drug-likeness (QED) is 0.586. The summed E-state index contributed by atoms with van der Waals surface area (Å²) in [6.07, 6.45) is 2.11. The summed E-state index contributed by atoms with van der Waals surface area (Å²) < 4.78 is 4.92. The van der Waals surface area contributed by atoms with E-state index in [1.807, 2.05) is 6.92 Å². The Morgan fingerprint density at radius 2 is 2.55 bits per heavy atom. The van der Waals surface area contributed by atoms with E-state index in [0.717, 1.165) is 0 Å². The molecule has 3 heteroatoms. The Labute approximate surface area is 70.0 Å². The number of rotatable bonds is 2. The fourth-order valence-electron chi connectivity index (χ4n) is 1.47. The largest absolute Gasteiger partial charge is 0.466 e. The van der Waals surface area contributed by atoms with Crippen LogP contribution in [0.3, 0.4) is 0 Å².